The Morgan fingerprint density at radius 3 is 3.05 bits per heavy atom. The molecule has 0 spiro atoms. The molecule has 0 aliphatic carbocycles. The number of quaternary nitrogens is 1. The fourth-order valence-electron chi connectivity index (χ4n) is 3.56. The first-order valence-electron chi connectivity index (χ1n) is 7.80. The number of fused-ring (bicyclic) bond motifs is 1. The van der Waals surface area contributed by atoms with Crippen molar-refractivity contribution >= 4 is 28.0 Å². The third-order valence-corrected chi connectivity index (χ3v) is 5.63. The highest BCUT2D eigenvalue weighted by Crippen LogP contribution is 2.24. The number of rotatable bonds is 4. The van der Waals surface area contributed by atoms with Gasteiger partial charge in [-0.3, -0.25) is 4.79 Å². The molecule has 1 unspecified atom stereocenters. The van der Waals surface area contributed by atoms with Gasteiger partial charge in [-0.1, -0.05) is 24.3 Å². The van der Waals surface area contributed by atoms with Crippen LogP contribution in [-0.2, 0) is 0 Å². The van der Waals surface area contributed by atoms with Gasteiger partial charge < -0.3 is 9.88 Å². The average molecular weight is 311 g/mol. The highest BCUT2D eigenvalue weighted by atomic mass is 32.1. The van der Waals surface area contributed by atoms with Gasteiger partial charge in [-0.05, 0) is 17.5 Å². The van der Waals surface area contributed by atoms with Gasteiger partial charge in [-0.15, -0.1) is 11.3 Å². The quantitative estimate of drug-likeness (QED) is 0.714. The Bertz CT molecular complexity index is 790. The first-order chi connectivity index (χ1) is 10.8. The predicted molar refractivity (Wildman–Crippen MR) is 89.6 cm³/mol. The molecule has 0 amide bonds. The zero-order chi connectivity index (χ0) is 14.9. The van der Waals surface area contributed by atoms with Gasteiger partial charge in [0.15, 0.2) is 0 Å². The van der Waals surface area contributed by atoms with E-state index in [1.807, 2.05) is 41.8 Å². The lowest BCUT2D eigenvalue weighted by Crippen LogP contribution is -3.11. The van der Waals surface area contributed by atoms with Crippen LogP contribution in [0, 0.1) is 0 Å². The first-order valence-corrected chi connectivity index (χ1v) is 8.68. The zero-order valence-electron chi connectivity index (χ0n) is 12.3. The first kappa shape index (κ1) is 13.7. The maximum absolute atomic E-state index is 12.8. The Labute approximate surface area is 133 Å². The fraction of sp³-hybridized carbons (Fsp3) is 0.278. The second-order valence-electron chi connectivity index (χ2n) is 5.97. The molecule has 112 valence electrons. The summed E-state index contributed by atoms with van der Waals surface area (Å²) in [7, 11) is 0. The summed E-state index contributed by atoms with van der Waals surface area (Å²) in [5.74, 6) is 0.246. The molecule has 2 aromatic heterocycles. The van der Waals surface area contributed by atoms with Crippen molar-refractivity contribution in [1.29, 1.82) is 0 Å². The molecule has 1 fully saturated rings. The number of ketones is 1. The average Bonchev–Trinajstić information content (AvgIpc) is 3.27. The van der Waals surface area contributed by atoms with E-state index in [0.29, 0.717) is 12.6 Å². The van der Waals surface area contributed by atoms with Crippen molar-refractivity contribution in [2.45, 2.75) is 18.9 Å². The van der Waals surface area contributed by atoms with Crippen LogP contribution < -0.4 is 4.90 Å². The fourth-order valence-corrected chi connectivity index (χ4v) is 4.48. The molecule has 1 aliphatic rings. The van der Waals surface area contributed by atoms with Gasteiger partial charge in [0, 0.05) is 35.5 Å². The molecule has 2 N–H and O–H groups in total. The van der Waals surface area contributed by atoms with E-state index < -0.39 is 0 Å². The molecule has 0 radical (unpaired) electrons. The molecule has 4 rings (SSSR count). The van der Waals surface area contributed by atoms with E-state index in [1.54, 1.807) is 0 Å². The highest BCUT2D eigenvalue weighted by Gasteiger charge is 2.32. The molecule has 0 saturated carbocycles. The van der Waals surface area contributed by atoms with Crippen LogP contribution >= 0.6 is 11.3 Å². The minimum atomic E-state index is 0.246. The Hall–Kier alpha value is -1.91. The summed E-state index contributed by atoms with van der Waals surface area (Å²) in [6, 6.07) is 12.8. The van der Waals surface area contributed by atoms with Crippen molar-refractivity contribution in [3.05, 3.63) is 58.4 Å². The van der Waals surface area contributed by atoms with Gasteiger partial charge in [-0.2, -0.15) is 0 Å². The van der Waals surface area contributed by atoms with E-state index in [1.165, 1.54) is 22.6 Å². The summed E-state index contributed by atoms with van der Waals surface area (Å²) in [6.07, 6.45) is 4.26. The van der Waals surface area contributed by atoms with Gasteiger partial charge in [0.1, 0.15) is 12.6 Å². The largest absolute Gasteiger partial charge is 0.360 e. The zero-order valence-corrected chi connectivity index (χ0v) is 13.2. The van der Waals surface area contributed by atoms with Crippen LogP contribution in [0.4, 0.5) is 0 Å². The lowest BCUT2D eigenvalue weighted by atomic mass is 10.1. The SMILES string of the molecule is O=C(C[NH+]1CCC[C@H]1c1cccs1)c1c[nH]c2ccccc12. The number of carbonyl (C=O) groups is 1. The summed E-state index contributed by atoms with van der Waals surface area (Å²) in [4.78, 5) is 18.8. The topological polar surface area (TPSA) is 37.3 Å². The van der Waals surface area contributed by atoms with E-state index >= 15 is 0 Å². The van der Waals surface area contributed by atoms with Crippen molar-refractivity contribution < 1.29 is 9.69 Å². The number of para-hydroxylation sites is 1. The summed E-state index contributed by atoms with van der Waals surface area (Å²) < 4.78 is 0. The number of likely N-dealkylation sites (tertiary alicyclic amines) is 1. The minimum absolute atomic E-state index is 0.246. The van der Waals surface area contributed by atoms with Crippen molar-refractivity contribution in [3.8, 4) is 0 Å². The number of hydrogen-bond acceptors (Lipinski definition) is 2. The van der Waals surface area contributed by atoms with Gasteiger partial charge in [0.25, 0.3) is 0 Å². The maximum atomic E-state index is 12.8. The Kier molecular flexibility index (Phi) is 3.56. The Morgan fingerprint density at radius 1 is 1.27 bits per heavy atom. The Morgan fingerprint density at radius 2 is 2.18 bits per heavy atom. The van der Waals surface area contributed by atoms with E-state index in [9.17, 15) is 4.79 Å². The number of aromatic nitrogens is 1. The molecular formula is C18H19N2OS+. The van der Waals surface area contributed by atoms with Crippen molar-refractivity contribution in [2.75, 3.05) is 13.1 Å². The lowest BCUT2D eigenvalue weighted by Gasteiger charge is -2.19. The molecular weight excluding hydrogens is 292 g/mol. The van der Waals surface area contributed by atoms with Gasteiger partial charge >= 0.3 is 0 Å². The number of aromatic amines is 1. The number of nitrogens with one attached hydrogen (secondary N) is 2. The summed E-state index contributed by atoms with van der Waals surface area (Å²) in [5, 5.41) is 3.17. The number of Topliss-reactive ketones (excluding diaryl/α,β-unsaturated/α-hetero) is 1. The predicted octanol–water partition coefficient (Wildman–Crippen LogP) is 2.83. The second kappa shape index (κ2) is 5.71. The molecule has 2 atom stereocenters. The number of hydrogen-bond donors (Lipinski definition) is 2. The van der Waals surface area contributed by atoms with E-state index in [2.05, 4.69) is 22.5 Å². The third kappa shape index (κ3) is 2.38. The third-order valence-electron chi connectivity index (χ3n) is 4.65. The van der Waals surface area contributed by atoms with Crippen LogP contribution in [0.2, 0.25) is 0 Å². The van der Waals surface area contributed by atoms with Gasteiger partial charge in [0.2, 0.25) is 5.78 Å². The minimum Gasteiger partial charge on any atom is -0.360 e. The smallest absolute Gasteiger partial charge is 0.219 e. The maximum Gasteiger partial charge on any atom is 0.219 e. The summed E-state index contributed by atoms with van der Waals surface area (Å²) >= 11 is 1.81. The molecule has 3 heterocycles. The van der Waals surface area contributed by atoms with Gasteiger partial charge in [-0.25, -0.2) is 0 Å². The van der Waals surface area contributed by atoms with Crippen LogP contribution in [0.25, 0.3) is 10.9 Å². The van der Waals surface area contributed by atoms with E-state index in [0.717, 1.165) is 23.0 Å². The molecule has 1 aliphatic heterocycles. The van der Waals surface area contributed by atoms with E-state index in [-0.39, 0.29) is 5.78 Å². The van der Waals surface area contributed by atoms with Gasteiger partial charge in [0.05, 0.1) is 11.4 Å². The van der Waals surface area contributed by atoms with E-state index in [4.69, 9.17) is 0 Å². The normalized spacial score (nSPS) is 21.5. The number of thiophene rings is 1. The number of carbonyl (C=O) groups excluding carboxylic acids is 1. The van der Waals surface area contributed by atoms with Crippen molar-refractivity contribution in [1.82, 2.24) is 4.98 Å². The molecule has 22 heavy (non-hydrogen) atoms. The monoisotopic (exact) mass is 311 g/mol. The number of benzene rings is 1. The highest BCUT2D eigenvalue weighted by molar-refractivity contribution is 7.10. The lowest BCUT2D eigenvalue weighted by molar-refractivity contribution is -0.909. The molecule has 3 aromatic rings. The molecule has 3 nitrogen and oxygen atoms in total. The summed E-state index contributed by atoms with van der Waals surface area (Å²) in [5.41, 5.74) is 1.87. The second-order valence-corrected chi connectivity index (χ2v) is 6.95. The van der Waals surface area contributed by atoms with Crippen LogP contribution in [-0.4, -0.2) is 23.9 Å². The number of H-pyrrole nitrogens is 1. The van der Waals surface area contributed by atoms with Crippen LogP contribution in [0.3, 0.4) is 0 Å². The molecule has 1 saturated heterocycles. The van der Waals surface area contributed by atoms with Crippen LogP contribution in [0.15, 0.2) is 48.0 Å². The van der Waals surface area contributed by atoms with Crippen molar-refractivity contribution in [2.24, 2.45) is 0 Å². The molecule has 0 bridgehead atoms. The van der Waals surface area contributed by atoms with Crippen molar-refractivity contribution in [3.63, 3.8) is 0 Å². The molecule has 4 heteroatoms. The summed E-state index contributed by atoms with van der Waals surface area (Å²) in [6.45, 7) is 1.68. The standard InChI is InChI=1S/C18H18N2OS/c21-17(14-11-19-15-6-2-1-5-13(14)15)12-20-9-3-7-16(20)18-8-4-10-22-18/h1-2,4-6,8,10-11,16,19H,3,7,9,12H2/p+1/t16-/m0/s1. The van der Waals surface area contributed by atoms with Crippen LogP contribution in [0.1, 0.15) is 34.1 Å². The molecule has 1 aromatic carbocycles. The van der Waals surface area contributed by atoms with Crippen LogP contribution in [0.5, 0.6) is 0 Å². The Balaban J connectivity index is 1.56.